The molecule has 1 saturated heterocycles. The first-order chi connectivity index (χ1) is 22.0. The zero-order chi connectivity index (χ0) is 34.1. The smallest absolute Gasteiger partial charge is 0.475 e. The Labute approximate surface area is 264 Å². The number of halogens is 6. The van der Waals surface area contributed by atoms with E-state index in [1.807, 2.05) is 0 Å². The second-order valence-corrected chi connectivity index (χ2v) is 12.6. The number of carbonyl (C=O) groups is 2. The van der Waals surface area contributed by atoms with Gasteiger partial charge in [-0.25, -0.2) is 23.2 Å². The van der Waals surface area contributed by atoms with Gasteiger partial charge < -0.3 is 24.8 Å². The predicted octanol–water partition coefficient (Wildman–Crippen LogP) is 3.78. The van der Waals surface area contributed by atoms with Crippen LogP contribution in [-0.2, 0) is 21.4 Å². The molecule has 1 fully saturated rings. The number of hydrogen-bond acceptors (Lipinski definition) is 11. The number of carboxylic acid groups (broad SMARTS) is 1. The minimum absolute atomic E-state index is 0.00200. The molecular formula is C26H20F6N6O7S2. The van der Waals surface area contributed by atoms with Crippen molar-refractivity contribution in [1.29, 1.82) is 0 Å². The number of piperazine rings is 1. The van der Waals surface area contributed by atoms with E-state index in [1.54, 1.807) is 4.90 Å². The molecule has 1 atom stereocenters. The first-order valence-electron chi connectivity index (χ1n) is 13.1. The van der Waals surface area contributed by atoms with Gasteiger partial charge in [0.2, 0.25) is 21.8 Å². The number of rotatable bonds is 9. The third-order valence-electron chi connectivity index (χ3n) is 6.52. The zero-order valence-corrected chi connectivity index (χ0v) is 25.0. The number of hydrogen-bond donors (Lipinski definition) is 2. The van der Waals surface area contributed by atoms with E-state index in [-0.39, 0.29) is 37.0 Å². The summed E-state index contributed by atoms with van der Waals surface area (Å²) in [7, 11) is -4.49. The highest BCUT2D eigenvalue weighted by atomic mass is 32.2. The molecule has 5 rings (SSSR count). The van der Waals surface area contributed by atoms with Crippen LogP contribution in [0.3, 0.4) is 0 Å². The first-order valence-corrected chi connectivity index (χ1v) is 15.4. The minimum atomic E-state index is -5.01. The van der Waals surface area contributed by atoms with Crippen molar-refractivity contribution in [3.63, 3.8) is 0 Å². The predicted molar refractivity (Wildman–Crippen MR) is 150 cm³/mol. The number of ether oxygens (including phenoxy) is 2. The normalized spacial score (nSPS) is 16.2. The monoisotopic (exact) mass is 706 g/mol. The Hall–Kier alpha value is -4.76. The highest BCUT2D eigenvalue weighted by Gasteiger charge is 2.41. The van der Waals surface area contributed by atoms with Crippen LogP contribution < -0.4 is 19.7 Å². The van der Waals surface area contributed by atoms with Crippen molar-refractivity contribution >= 4 is 48.7 Å². The lowest BCUT2D eigenvalue weighted by Crippen LogP contribution is -2.60. The molecule has 1 unspecified atom stereocenters. The van der Waals surface area contributed by atoms with Crippen molar-refractivity contribution in [1.82, 2.24) is 24.6 Å². The van der Waals surface area contributed by atoms with Crippen LogP contribution in [0.5, 0.6) is 11.5 Å². The maximum Gasteiger partial charge on any atom is 0.573 e. The molecule has 0 saturated carbocycles. The summed E-state index contributed by atoms with van der Waals surface area (Å²) >= 11 is 1.06. The van der Waals surface area contributed by atoms with E-state index in [0.717, 1.165) is 52.0 Å². The van der Waals surface area contributed by atoms with Gasteiger partial charge in [0.05, 0.1) is 15.8 Å². The Bertz CT molecular complexity index is 1890. The third kappa shape index (κ3) is 8.16. The Kier molecular flexibility index (Phi) is 9.15. The fraction of sp³-hybridized carbons (Fsp3) is 0.269. The number of nitrogens with one attached hydrogen (secondary N) is 1. The van der Waals surface area contributed by atoms with Gasteiger partial charge in [-0.2, -0.15) is 9.29 Å². The molecule has 0 bridgehead atoms. The minimum Gasteiger partial charge on any atom is -0.475 e. The van der Waals surface area contributed by atoms with Gasteiger partial charge in [-0.3, -0.25) is 4.79 Å². The summed E-state index contributed by atoms with van der Waals surface area (Å²) in [4.78, 5) is 37.9. The van der Waals surface area contributed by atoms with Gasteiger partial charge in [-0.1, -0.05) is 23.5 Å². The SMILES string of the molecule is O=C(O)c1ncc2sc(N3CCN(S(=O)(=O)c4ccc(OC(F)(F)F)cc4)C(C(=O)NCc4ccc(OC(F)(F)F)cc4)C3)nc2n1. The largest absolute Gasteiger partial charge is 0.573 e. The van der Waals surface area contributed by atoms with Crippen LogP contribution in [-0.4, -0.2) is 83.1 Å². The second kappa shape index (κ2) is 12.8. The molecule has 0 aliphatic carbocycles. The van der Waals surface area contributed by atoms with Crippen LogP contribution in [0.25, 0.3) is 10.3 Å². The van der Waals surface area contributed by atoms with Crippen LogP contribution in [0.4, 0.5) is 31.5 Å². The highest BCUT2D eigenvalue weighted by molar-refractivity contribution is 7.89. The highest BCUT2D eigenvalue weighted by Crippen LogP contribution is 2.32. The van der Waals surface area contributed by atoms with Crippen LogP contribution in [0.1, 0.15) is 16.2 Å². The number of aromatic carboxylic acids is 1. The summed E-state index contributed by atoms with van der Waals surface area (Å²) in [5.74, 6) is -3.83. The lowest BCUT2D eigenvalue weighted by atomic mass is 10.1. The molecule has 2 N–H and O–H groups in total. The number of carbonyl (C=O) groups excluding carboxylic acids is 1. The van der Waals surface area contributed by atoms with Crippen molar-refractivity contribution in [2.24, 2.45) is 0 Å². The van der Waals surface area contributed by atoms with E-state index in [1.165, 1.54) is 18.3 Å². The molecule has 1 aliphatic heterocycles. The molecule has 1 aliphatic rings. The fourth-order valence-electron chi connectivity index (χ4n) is 4.47. The quantitative estimate of drug-likeness (QED) is 0.244. The average Bonchev–Trinajstić information content (AvgIpc) is 3.43. The van der Waals surface area contributed by atoms with Crippen molar-refractivity contribution in [3.8, 4) is 11.5 Å². The summed E-state index contributed by atoms with van der Waals surface area (Å²) < 4.78 is 112. The molecule has 0 spiro atoms. The molecule has 21 heteroatoms. The molecule has 4 aromatic rings. The van der Waals surface area contributed by atoms with Crippen molar-refractivity contribution in [2.45, 2.75) is 30.2 Å². The standard InChI is InChI=1S/C26H20F6N6O7S2/c27-25(28,29)44-15-3-1-14(2-4-15)11-34-22(39)18-13-37(24-36-20-19(46-24)12-33-21(35-20)23(40)41)9-10-38(18)47(42,43)17-7-5-16(6-8-17)45-26(30,31)32/h1-8,12,18H,9-11,13H2,(H,34,39)(H,40,41). The number of alkyl halides is 6. The average molecular weight is 707 g/mol. The van der Waals surface area contributed by atoms with E-state index in [4.69, 9.17) is 0 Å². The lowest BCUT2D eigenvalue weighted by molar-refractivity contribution is -0.275. The Balaban J connectivity index is 1.39. The molecule has 0 radical (unpaired) electrons. The van der Waals surface area contributed by atoms with E-state index in [2.05, 4.69) is 29.7 Å². The van der Waals surface area contributed by atoms with Gasteiger partial charge >= 0.3 is 18.7 Å². The Morgan fingerprint density at radius 3 is 2.11 bits per heavy atom. The van der Waals surface area contributed by atoms with Gasteiger partial charge in [0.15, 0.2) is 10.8 Å². The summed E-state index contributed by atoms with van der Waals surface area (Å²) in [6, 6.07) is 6.58. The van der Waals surface area contributed by atoms with Crippen LogP contribution >= 0.6 is 11.3 Å². The number of fused-ring (bicyclic) bond motifs is 1. The van der Waals surface area contributed by atoms with E-state index < -0.39 is 62.9 Å². The number of benzene rings is 2. The van der Waals surface area contributed by atoms with Gasteiger partial charge in [0.25, 0.3) is 0 Å². The number of carboxylic acids is 1. The number of anilines is 1. The van der Waals surface area contributed by atoms with Crippen molar-refractivity contribution in [3.05, 3.63) is 66.1 Å². The maximum absolute atomic E-state index is 13.7. The number of aromatic nitrogens is 3. The van der Waals surface area contributed by atoms with Crippen molar-refractivity contribution in [2.75, 3.05) is 24.5 Å². The van der Waals surface area contributed by atoms with Gasteiger partial charge in [-0.15, -0.1) is 26.3 Å². The number of thiazole rings is 1. The van der Waals surface area contributed by atoms with Gasteiger partial charge in [-0.05, 0) is 42.0 Å². The van der Waals surface area contributed by atoms with E-state index in [9.17, 15) is 49.5 Å². The second-order valence-electron chi connectivity index (χ2n) is 9.69. The van der Waals surface area contributed by atoms with Crippen molar-refractivity contribution < 1.29 is 58.9 Å². The van der Waals surface area contributed by atoms with E-state index >= 15 is 0 Å². The molecule has 2 aromatic heterocycles. The summed E-state index contributed by atoms with van der Waals surface area (Å²) in [6.07, 6.45) is -8.65. The summed E-state index contributed by atoms with van der Waals surface area (Å²) in [6.45, 7) is -0.768. The third-order valence-corrected chi connectivity index (χ3v) is 9.48. The number of sulfonamides is 1. The number of amides is 1. The Morgan fingerprint density at radius 1 is 0.936 bits per heavy atom. The maximum atomic E-state index is 13.7. The summed E-state index contributed by atoms with van der Waals surface area (Å²) in [5, 5.41) is 12.0. The van der Waals surface area contributed by atoms with Crippen LogP contribution in [0, 0.1) is 0 Å². The molecule has 2 aromatic carbocycles. The number of nitrogens with zero attached hydrogens (tertiary/aromatic N) is 5. The molecule has 250 valence electrons. The van der Waals surface area contributed by atoms with Gasteiger partial charge in [0.1, 0.15) is 17.5 Å². The molecule has 47 heavy (non-hydrogen) atoms. The summed E-state index contributed by atoms with van der Waals surface area (Å²) in [5.41, 5.74) is 0.418. The fourth-order valence-corrected chi connectivity index (χ4v) is 6.95. The first kappa shape index (κ1) is 33.6. The van der Waals surface area contributed by atoms with Crippen LogP contribution in [0.15, 0.2) is 59.6 Å². The van der Waals surface area contributed by atoms with E-state index in [0.29, 0.717) is 10.3 Å². The zero-order valence-electron chi connectivity index (χ0n) is 23.3. The topological polar surface area (TPSA) is 164 Å². The van der Waals surface area contributed by atoms with Crippen LogP contribution in [0.2, 0.25) is 0 Å². The lowest BCUT2D eigenvalue weighted by Gasteiger charge is -2.39. The Morgan fingerprint density at radius 2 is 1.53 bits per heavy atom. The van der Waals surface area contributed by atoms with Gasteiger partial charge in [0, 0.05) is 26.2 Å². The molecule has 13 nitrogen and oxygen atoms in total. The molecule has 1 amide bonds. The molecule has 3 heterocycles. The molecular weight excluding hydrogens is 686 g/mol.